The molecule has 0 bridgehead atoms. The van der Waals surface area contributed by atoms with Gasteiger partial charge < -0.3 is 15.1 Å². The van der Waals surface area contributed by atoms with Gasteiger partial charge in [0, 0.05) is 31.7 Å². The van der Waals surface area contributed by atoms with Crippen molar-refractivity contribution in [1.29, 1.82) is 0 Å². The standard InChI is InChI=1S/C24H33N5O/c1-19-8-3-4-10-21(19)22-11-12-23(27-26-22)29-16-7-9-20(18-29)24(30)25-13-17-28-14-5-2-6-15-28/h3-4,8,10-12,20H,2,5-7,9,13-18H2,1H3,(H,25,30)/t20-/m1/s1. The van der Waals surface area contributed by atoms with Gasteiger partial charge in [0.1, 0.15) is 0 Å². The fourth-order valence-corrected chi connectivity index (χ4v) is 4.56. The summed E-state index contributed by atoms with van der Waals surface area (Å²) in [4.78, 5) is 17.4. The quantitative estimate of drug-likeness (QED) is 0.796. The van der Waals surface area contributed by atoms with Gasteiger partial charge in [0.15, 0.2) is 5.82 Å². The molecule has 0 radical (unpaired) electrons. The van der Waals surface area contributed by atoms with E-state index in [-0.39, 0.29) is 11.8 Å². The molecule has 30 heavy (non-hydrogen) atoms. The number of amides is 1. The number of aromatic nitrogens is 2. The summed E-state index contributed by atoms with van der Waals surface area (Å²) < 4.78 is 0. The van der Waals surface area contributed by atoms with Crippen LogP contribution in [0.1, 0.15) is 37.7 Å². The normalized spacial score (nSPS) is 20.2. The molecule has 6 nitrogen and oxygen atoms in total. The van der Waals surface area contributed by atoms with Gasteiger partial charge in [-0.25, -0.2) is 0 Å². The predicted octanol–water partition coefficient (Wildman–Crippen LogP) is 3.27. The molecule has 2 aromatic rings. The number of likely N-dealkylation sites (tertiary alicyclic amines) is 1. The largest absolute Gasteiger partial charge is 0.355 e. The van der Waals surface area contributed by atoms with Crippen LogP contribution in [0.2, 0.25) is 0 Å². The maximum Gasteiger partial charge on any atom is 0.224 e. The van der Waals surface area contributed by atoms with E-state index in [4.69, 9.17) is 0 Å². The van der Waals surface area contributed by atoms with E-state index in [2.05, 4.69) is 44.4 Å². The van der Waals surface area contributed by atoms with Gasteiger partial charge in [0.05, 0.1) is 11.6 Å². The van der Waals surface area contributed by atoms with E-state index in [1.807, 2.05) is 24.3 Å². The zero-order valence-electron chi connectivity index (χ0n) is 18.0. The van der Waals surface area contributed by atoms with Gasteiger partial charge in [-0.05, 0) is 63.4 Å². The molecule has 3 heterocycles. The van der Waals surface area contributed by atoms with Crippen LogP contribution in [0.5, 0.6) is 0 Å². The summed E-state index contributed by atoms with van der Waals surface area (Å²) in [6.45, 7) is 7.79. The first-order valence-corrected chi connectivity index (χ1v) is 11.4. The van der Waals surface area contributed by atoms with Crippen LogP contribution in [0, 0.1) is 12.8 Å². The second-order valence-corrected chi connectivity index (χ2v) is 8.57. The maximum absolute atomic E-state index is 12.7. The van der Waals surface area contributed by atoms with Crippen molar-refractivity contribution >= 4 is 11.7 Å². The number of benzene rings is 1. The Kier molecular flexibility index (Phi) is 6.95. The molecule has 4 rings (SSSR count). The lowest BCUT2D eigenvalue weighted by atomic mass is 9.97. The Morgan fingerprint density at radius 3 is 2.63 bits per heavy atom. The van der Waals surface area contributed by atoms with Gasteiger partial charge in [-0.1, -0.05) is 30.7 Å². The molecule has 0 aliphatic carbocycles. The molecule has 2 aliphatic heterocycles. The molecule has 2 saturated heterocycles. The fourth-order valence-electron chi connectivity index (χ4n) is 4.56. The highest BCUT2D eigenvalue weighted by molar-refractivity contribution is 5.79. The van der Waals surface area contributed by atoms with Crippen molar-refractivity contribution in [2.75, 3.05) is 44.2 Å². The van der Waals surface area contributed by atoms with Crippen molar-refractivity contribution in [3.05, 3.63) is 42.0 Å². The minimum Gasteiger partial charge on any atom is -0.355 e. The van der Waals surface area contributed by atoms with E-state index in [0.29, 0.717) is 6.54 Å². The lowest BCUT2D eigenvalue weighted by Crippen LogP contribution is -2.45. The monoisotopic (exact) mass is 407 g/mol. The van der Waals surface area contributed by atoms with Gasteiger partial charge in [-0.15, -0.1) is 10.2 Å². The SMILES string of the molecule is Cc1ccccc1-c1ccc(N2CCC[C@@H](C(=O)NCCN3CCCCC3)C2)nn1. The van der Waals surface area contributed by atoms with Gasteiger partial charge in [0.25, 0.3) is 0 Å². The summed E-state index contributed by atoms with van der Waals surface area (Å²) >= 11 is 0. The number of carbonyl (C=O) groups excluding carboxylic acids is 1. The van der Waals surface area contributed by atoms with E-state index in [1.54, 1.807) is 0 Å². The van der Waals surface area contributed by atoms with E-state index in [1.165, 1.54) is 37.9 Å². The molecule has 6 heteroatoms. The van der Waals surface area contributed by atoms with E-state index < -0.39 is 0 Å². The topological polar surface area (TPSA) is 61.4 Å². The van der Waals surface area contributed by atoms with Crippen molar-refractivity contribution in [3.63, 3.8) is 0 Å². The number of aryl methyl sites for hydroxylation is 1. The molecule has 0 unspecified atom stereocenters. The number of hydrogen-bond acceptors (Lipinski definition) is 5. The highest BCUT2D eigenvalue weighted by atomic mass is 16.1. The van der Waals surface area contributed by atoms with Crippen molar-refractivity contribution in [1.82, 2.24) is 20.4 Å². The Labute approximate surface area is 179 Å². The van der Waals surface area contributed by atoms with Crippen molar-refractivity contribution in [3.8, 4) is 11.3 Å². The molecule has 2 fully saturated rings. The molecule has 0 saturated carbocycles. The molecular formula is C24H33N5O. The summed E-state index contributed by atoms with van der Waals surface area (Å²) in [5.41, 5.74) is 3.20. The summed E-state index contributed by atoms with van der Waals surface area (Å²) in [6.07, 6.45) is 5.87. The van der Waals surface area contributed by atoms with Crippen LogP contribution in [0.15, 0.2) is 36.4 Å². The summed E-state index contributed by atoms with van der Waals surface area (Å²) in [6, 6.07) is 12.3. The highest BCUT2D eigenvalue weighted by Crippen LogP contribution is 2.25. The molecule has 1 amide bonds. The zero-order valence-corrected chi connectivity index (χ0v) is 18.0. The Morgan fingerprint density at radius 2 is 1.87 bits per heavy atom. The average molecular weight is 408 g/mol. The molecule has 160 valence electrons. The second-order valence-electron chi connectivity index (χ2n) is 8.57. The molecule has 1 atom stereocenters. The first-order valence-electron chi connectivity index (χ1n) is 11.4. The average Bonchev–Trinajstić information content (AvgIpc) is 2.80. The fraction of sp³-hybridized carbons (Fsp3) is 0.542. The van der Waals surface area contributed by atoms with Crippen molar-refractivity contribution in [2.24, 2.45) is 5.92 Å². The van der Waals surface area contributed by atoms with Crippen LogP contribution < -0.4 is 10.2 Å². The number of rotatable bonds is 6. The van der Waals surface area contributed by atoms with Crippen LogP contribution >= 0.6 is 0 Å². The first-order chi connectivity index (χ1) is 14.7. The predicted molar refractivity (Wildman–Crippen MR) is 120 cm³/mol. The smallest absolute Gasteiger partial charge is 0.224 e. The number of carbonyl (C=O) groups is 1. The number of anilines is 1. The number of nitrogens with zero attached hydrogens (tertiary/aromatic N) is 4. The van der Waals surface area contributed by atoms with Crippen LogP contribution in [0.25, 0.3) is 11.3 Å². The molecule has 0 spiro atoms. The Morgan fingerprint density at radius 1 is 1.03 bits per heavy atom. The maximum atomic E-state index is 12.7. The van der Waals surface area contributed by atoms with Gasteiger partial charge in [-0.3, -0.25) is 4.79 Å². The summed E-state index contributed by atoms with van der Waals surface area (Å²) in [5.74, 6) is 1.07. The van der Waals surface area contributed by atoms with Crippen LogP contribution in [0.4, 0.5) is 5.82 Å². The van der Waals surface area contributed by atoms with Crippen LogP contribution in [-0.2, 0) is 4.79 Å². The summed E-state index contributed by atoms with van der Waals surface area (Å²) in [5, 5.41) is 12.1. The number of hydrogen-bond donors (Lipinski definition) is 1. The third-order valence-electron chi connectivity index (χ3n) is 6.36. The minimum atomic E-state index is 0.0259. The third kappa shape index (κ3) is 5.17. The Bertz CT molecular complexity index is 832. The second kappa shape index (κ2) is 10.0. The van der Waals surface area contributed by atoms with Gasteiger partial charge >= 0.3 is 0 Å². The van der Waals surface area contributed by atoms with Crippen LogP contribution in [-0.4, -0.2) is 60.3 Å². The number of piperidine rings is 2. The molecule has 1 aromatic carbocycles. The molecule has 1 N–H and O–H groups in total. The lowest BCUT2D eigenvalue weighted by molar-refractivity contribution is -0.125. The molecular weight excluding hydrogens is 374 g/mol. The Balaban J connectivity index is 1.31. The lowest BCUT2D eigenvalue weighted by Gasteiger charge is -2.33. The first kappa shape index (κ1) is 20.8. The zero-order chi connectivity index (χ0) is 20.8. The van der Waals surface area contributed by atoms with Crippen molar-refractivity contribution in [2.45, 2.75) is 39.0 Å². The highest BCUT2D eigenvalue weighted by Gasteiger charge is 2.26. The third-order valence-corrected chi connectivity index (χ3v) is 6.36. The van der Waals surface area contributed by atoms with E-state index in [0.717, 1.165) is 49.6 Å². The molecule has 2 aliphatic rings. The van der Waals surface area contributed by atoms with Gasteiger partial charge in [-0.2, -0.15) is 0 Å². The van der Waals surface area contributed by atoms with E-state index in [9.17, 15) is 4.79 Å². The van der Waals surface area contributed by atoms with E-state index >= 15 is 0 Å². The van der Waals surface area contributed by atoms with Crippen LogP contribution in [0.3, 0.4) is 0 Å². The minimum absolute atomic E-state index is 0.0259. The van der Waals surface area contributed by atoms with Crippen molar-refractivity contribution < 1.29 is 4.79 Å². The van der Waals surface area contributed by atoms with Gasteiger partial charge in [0.2, 0.25) is 5.91 Å². The molecule has 1 aromatic heterocycles. The summed E-state index contributed by atoms with van der Waals surface area (Å²) in [7, 11) is 0. The Hall–Kier alpha value is -2.47. The number of nitrogens with one attached hydrogen (secondary N) is 1.